The van der Waals surface area contributed by atoms with Crippen LogP contribution in [0, 0.1) is 13.8 Å². The standard InChI is InChI=1S/C16H13NO2S/c1-10-4-3-5-12(8-10)15-17-14(16(18)19-15)9-13-7-6-11(2)20-13/h3-9H,1-2H3. The zero-order chi connectivity index (χ0) is 14.1. The summed E-state index contributed by atoms with van der Waals surface area (Å²) in [5.74, 6) is -0.0224. The van der Waals surface area contributed by atoms with Gasteiger partial charge in [0.05, 0.1) is 0 Å². The fourth-order valence-electron chi connectivity index (χ4n) is 1.98. The van der Waals surface area contributed by atoms with E-state index in [2.05, 4.69) is 4.99 Å². The molecule has 100 valence electrons. The van der Waals surface area contributed by atoms with Gasteiger partial charge < -0.3 is 4.74 Å². The smallest absolute Gasteiger partial charge is 0.363 e. The minimum absolute atomic E-state index is 0.350. The lowest BCUT2D eigenvalue weighted by atomic mass is 10.1. The highest BCUT2D eigenvalue weighted by molar-refractivity contribution is 7.12. The number of carbonyl (C=O) groups is 1. The van der Waals surface area contributed by atoms with E-state index in [0.717, 1.165) is 16.0 Å². The first-order valence-electron chi connectivity index (χ1n) is 6.28. The SMILES string of the molecule is Cc1cccc(C2=NC(=Cc3ccc(C)s3)C(=O)O2)c1. The number of carbonyl (C=O) groups excluding carboxylic acids is 1. The molecule has 0 aliphatic carbocycles. The predicted molar refractivity (Wildman–Crippen MR) is 80.8 cm³/mol. The molecule has 0 radical (unpaired) electrons. The number of hydrogen-bond acceptors (Lipinski definition) is 4. The average Bonchev–Trinajstić information content (AvgIpc) is 2.97. The molecule has 0 bridgehead atoms. The molecule has 2 aromatic rings. The summed E-state index contributed by atoms with van der Waals surface area (Å²) in [4.78, 5) is 18.4. The number of hydrogen-bond donors (Lipinski definition) is 0. The molecule has 0 unspecified atom stereocenters. The van der Waals surface area contributed by atoms with E-state index >= 15 is 0 Å². The van der Waals surface area contributed by atoms with Crippen LogP contribution in [0.1, 0.15) is 20.9 Å². The number of thiophene rings is 1. The van der Waals surface area contributed by atoms with Gasteiger partial charge in [0, 0.05) is 15.3 Å². The molecule has 1 aliphatic heterocycles. The Morgan fingerprint density at radius 2 is 2.05 bits per heavy atom. The van der Waals surface area contributed by atoms with E-state index < -0.39 is 5.97 Å². The molecule has 0 saturated heterocycles. The number of nitrogens with zero attached hydrogens (tertiary/aromatic N) is 1. The number of cyclic esters (lactones) is 1. The van der Waals surface area contributed by atoms with Crippen molar-refractivity contribution < 1.29 is 9.53 Å². The molecule has 20 heavy (non-hydrogen) atoms. The molecule has 1 aromatic heterocycles. The normalized spacial score (nSPS) is 16.4. The third-order valence-corrected chi connectivity index (χ3v) is 3.87. The molecule has 3 nitrogen and oxygen atoms in total. The van der Waals surface area contributed by atoms with Crippen molar-refractivity contribution in [1.29, 1.82) is 0 Å². The van der Waals surface area contributed by atoms with E-state index in [9.17, 15) is 4.79 Å². The zero-order valence-corrected chi connectivity index (χ0v) is 12.0. The molecule has 3 rings (SSSR count). The van der Waals surface area contributed by atoms with Crippen LogP contribution in [0.2, 0.25) is 0 Å². The van der Waals surface area contributed by atoms with Crippen LogP contribution in [-0.4, -0.2) is 11.9 Å². The summed E-state index contributed by atoms with van der Waals surface area (Å²) in [6, 6.07) is 11.7. The summed E-state index contributed by atoms with van der Waals surface area (Å²) >= 11 is 1.62. The van der Waals surface area contributed by atoms with Crippen LogP contribution >= 0.6 is 11.3 Å². The molecule has 0 atom stereocenters. The molecule has 2 heterocycles. The summed E-state index contributed by atoms with van der Waals surface area (Å²) in [6.07, 6.45) is 1.77. The highest BCUT2D eigenvalue weighted by Crippen LogP contribution is 2.23. The second-order valence-electron chi connectivity index (χ2n) is 4.65. The van der Waals surface area contributed by atoms with Gasteiger partial charge >= 0.3 is 5.97 Å². The Kier molecular flexibility index (Phi) is 3.24. The number of benzene rings is 1. The van der Waals surface area contributed by atoms with Crippen LogP contribution in [0.5, 0.6) is 0 Å². The minimum atomic E-state index is -0.396. The van der Waals surface area contributed by atoms with E-state index in [1.54, 1.807) is 17.4 Å². The highest BCUT2D eigenvalue weighted by Gasteiger charge is 2.24. The Balaban J connectivity index is 1.94. The van der Waals surface area contributed by atoms with Gasteiger partial charge in [-0.3, -0.25) is 0 Å². The molecule has 4 heteroatoms. The molecule has 1 aliphatic rings. The Labute approximate surface area is 121 Å². The zero-order valence-electron chi connectivity index (χ0n) is 11.2. The van der Waals surface area contributed by atoms with Gasteiger partial charge in [-0.1, -0.05) is 17.7 Å². The Morgan fingerprint density at radius 1 is 1.20 bits per heavy atom. The molecule has 0 amide bonds. The van der Waals surface area contributed by atoms with Crippen molar-refractivity contribution in [2.24, 2.45) is 4.99 Å². The largest absolute Gasteiger partial charge is 0.402 e. The first kappa shape index (κ1) is 12.8. The first-order valence-corrected chi connectivity index (χ1v) is 7.09. The maximum Gasteiger partial charge on any atom is 0.363 e. The first-order chi connectivity index (χ1) is 9.61. The van der Waals surface area contributed by atoms with Gasteiger partial charge in [0.25, 0.3) is 0 Å². The summed E-state index contributed by atoms with van der Waals surface area (Å²) in [6.45, 7) is 4.02. The van der Waals surface area contributed by atoms with Gasteiger partial charge in [-0.15, -0.1) is 11.3 Å². The minimum Gasteiger partial charge on any atom is -0.402 e. The molecule has 0 spiro atoms. The quantitative estimate of drug-likeness (QED) is 0.622. The molecule has 1 aromatic carbocycles. The van der Waals surface area contributed by atoms with Crippen molar-refractivity contribution in [3.05, 3.63) is 63.0 Å². The molecule has 0 fully saturated rings. The van der Waals surface area contributed by atoms with Crippen molar-refractivity contribution >= 4 is 29.3 Å². The van der Waals surface area contributed by atoms with Crippen molar-refractivity contribution in [1.82, 2.24) is 0 Å². The topological polar surface area (TPSA) is 38.7 Å². The lowest BCUT2D eigenvalue weighted by Gasteiger charge is -1.99. The van der Waals surface area contributed by atoms with E-state index in [1.807, 2.05) is 50.2 Å². The van der Waals surface area contributed by atoms with E-state index in [1.165, 1.54) is 4.88 Å². The molecule has 0 N–H and O–H groups in total. The van der Waals surface area contributed by atoms with Crippen LogP contribution in [0.3, 0.4) is 0 Å². The van der Waals surface area contributed by atoms with Crippen LogP contribution in [0.4, 0.5) is 0 Å². The van der Waals surface area contributed by atoms with Gasteiger partial charge in [0.15, 0.2) is 5.70 Å². The lowest BCUT2D eigenvalue weighted by Crippen LogP contribution is -2.05. The van der Waals surface area contributed by atoms with Gasteiger partial charge in [0.2, 0.25) is 5.90 Å². The summed E-state index contributed by atoms with van der Waals surface area (Å²) in [5.41, 5.74) is 2.28. The van der Waals surface area contributed by atoms with Crippen molar-refractivity contribution in [3.8, 4) is 0 Å². The second-order valence-corrected chi connectivity index (χ2v) is 5.97. The number of aliphatic imine (C=N–C) groups is 1. The molecule has 0 saturated carbocycles. The maximum atomic E-state index is 11.9. The number of esters is 1. The molecular weight excluding hydrogens is 270 g/mol. The Morgan fingerprint density at radius 3 is 2.75 bits per heavy atom. The number of aryl methyl sites for hydroxylation is 2. The van der Waals surface area contributed by atoms with Crippen LogP contribution in [-0.2, 0) is 9.53 Å². The summed E-state index contributed by atoms with van der Waals surface area (Å²) < 4.78 is 5.24. The average molecular weight is 283 g/mol. The highest BCUT2D eigenvalue weighted by atomic mass is 32.1. The van der Waals surface area contributed by atoms with Crippen molar-refractivity contribution in [2.45, 2.75) is 13.8 Å². The van der Waals surface area contributed by atoms with Crippen LogP contribution in [0.25, 0.3) is 6.08 Å². The van der Waals surface area contributed by atoms with Gasteiger partial charge in [-0.2, -0.15) is 0 Å². The summed E-state index contributed by atoms with van der Waals surface area (Å²) in [5, 5.41) is 0. The fraction of sp³-hybridized carbons (Fsp3) is 0.125. The Bertz CT molecular complexity index is 740. The lowest BCUT2D eigenvalue weighted by molar-refractivity contribution is -0.129. The Hall–Kier alpha value is -2.20. The third-order valence-electron chi connectivity index (χ3n) is 2.93. The van der Waals surface area contributed by atoms with Crippen molar-refractivity contribution in [2.75, 3.05) is 0 Å². The van der Waals surface area contributed by atoms with Crippen molar-refractivity contribution in [3.63, 3.8) is 0 Å². The van der Waals surface area contributed by atoms with Crippen LogP contribution in [0.15, 0.2) is 47.1 Å². The third kappa shape index (κ3) is 2.56. The molecular formula is C16H13NO2S. The van der Waals surface area contributed by atoms with Gasteiger partial charge in [0.1, 0.15) is 0 Å². The van der Waals surface area contributed by atoms with E-state index in [0.29, 0.717) is 11.6 Å². The predicted octanol–water partition coefficient (Wildman–Crippen LogP) is 3.71. The van der Waals surface area contributed by atoms with E-state index in [-0.39, 0.29) is 0 Å². The fourth-order valence-corrected chi connectivity index (χ4v) is 2.79. The van der Waals surface area contributed by atoms with E-state index in [4.69, 9.17) is 4.74 Å². The second kappa shape index (κ2) is 5.06. The monoisotopic (exact) mass is 283 g/mol. The number of ether oxygens (including phenoxy) is 1. The van der Waals surface area contributed by atoms with Gasteiger partial charge in [-0.25, -0.2) is 9.79 Å². The van der Waals surface area contributed by atoms with Crippen LogP contribution < -0.4 is 0 Å². The summed E-state index contributed by atoms with van der Waals surface area (Å²) in [7, 11) is 0. The number of rotatable bonds is 2. The maximum absolute atomic E-state index is 11.9. The van der Waals surface area contributed by atoms with Gasteiger partial charge in [-0.05, 0) is 44.2 Å².